The summed E-state index contributed by atoms with van der Waals surface area (Å²) in [6.45, 7) is 1.83. The summed E-state index contributed by atoms with van der Waals surface area (Å²) in [6.07, 6.45) is 2.71. The third kappa shape index (κ3) is 3.78. The number of rotatable bonds is 4. The molecule has 0 spiro atoms. The van der Waals surface area contributed by atoms with Crippen molar-refractivity contribution >= 4 is 29.1 Å². The first-order valence-corrected chi connectivity index (χ1v) is 10.3. The van der Waals surface area contributed by atoms with Crippen molar-refractivity contribution in [2.75, 3.05) is 5.01 Å². The predicted molar refractivity (Wildman–Crippen MR) is 125 cm³/mol. The van der Waals surface area contributed by atoms with Crippen LogP contribution in [0.3, 0.4) is 0 Å². The number of carbonyl (C=O) groups is 1. The lowest BCUT2D eigenvalue weighted by Gasteiger charge is -2.24. The molecule has 0 aliphatic carbocycles. The van der Waals surface area contributed by atoms with Gasteiger partial charge in [-0.2, -0.15) is 10.2 Å². The van der Waals surface area contributed by atoms with Crippen LogP contribution in [0.5, 0.6) is 0 Å². The number of amides is 1. The van der Waals surface area contributed by atoms with Gasteiger partial charge in [0.25, 0.3) is 5.91 Å². The molecular weight excluding hydrogens is 384 g/mol. The minimum atomic E-state index is -0.164. The molecule has 0 aromatic heterocycles. The zero-order valence-electron chi connectivity index (χ0n) is 17.2. The van der Waals surface area contributed by atoms with Crippen LogP contribution in [0.15, 0.2) is 101 Å². The minimum absolute atomic E-state index is 0.135. The summed E-state index contributed by atoms with van der Waals surface area (Å²) in [4.78, 5) is 11.9. The Labute approximate surface area is 181 Å². The van der Waals surface area contributed by atoms with Crippen LogP contribution < -0.4 is 10.4 Å². The van der Waals surface area contributed by atoms with Crippen LogP contribution in [0.25, 0.3) is 6.08 Å². The fourth-order valence-corrected chi connectivity index (χ4v) is 3.97. The molecule has 1 unspecified atom stereocenters. The van der Waals surface area contributed by atoms with Gasteiger partial charge in [0.2, 0.25) is 0 Å². The number of hydrogen-bond donors (Lipinski definition) is 1. The first kappa shape index (κ1) is 19.0. The highest BCUT2D eigenvalue weighted by Crippen LogP contribution is 2.36. The molecule has 3 aromatic carbocycles. The standard InChI is InChI=1S/C26H22N4O/c1-18-23(26(31)28-27-18)16-19-12-14-22(15-13-19)30-25(21-10-6-3-7-11-21)17-24(29-30)20-8-4-2-5-9-20/h2-16,25H,17H2,1H3,(H,28,31)/b23-16-. The third-order valence-corrected chi connectivity index (χ3v) is 5.63. The van der Waals surface area contributed by atoms with Gasteiger partial charge in [-0.05, 0) is 41.8 Å². The molecule has 0 bridgehead atoms. The SMILES string of the molecule is CC1=NNC(=O)/C1=C\c1ccc(N2N=C(c3ccccc3)CC2c2ccccc2)cc1. The van der Waals surface area contributed by atoms with Gasteiger partial charge in [0.05, 0.1) is 28.7 Å². The van der Waals surface area contributed by atoms with Crippen LogP contribution in [-0.4, -0.2) is 17.3 Å². The summed E-state index contributed by atoms with van der Waals surface area (Å²) in [6, 6.07) is 29.1. The number of nitrogens with one attached hydrogen (secondary N) is 1. The van der Waals surface area contributed by atoms with Crippen molar-refractivity contribution in [3.05, 3.63) is 107 Å². The average Bonchev–Trinajstić information content (AvgIpc) is 3.40. The van der Waals surface area contributed by atoms with Crippen molar-refractivity contribution in [1.82, 2.24) is 5.43 Å². The maximum Gasteiger partial charge on any atom is 0.273 e. The van der Waals surface area contributed by atoms with Crippen molar-refractivity contribution in [2.45, 2.75) is 19.4 Å². The van der Waals surface area contributed by atoms with Gasteiger partial charge < -0.3 is 0 Å². The molecule has 1 amide bonds. The largest absolute Gasteiger partial charge is 0.273 e. The number of hydrazone groups is 2. The van der Waals surface area contributed by atoms with Gasteiger partial charge in [0.15, 0.2) is 0 Å². The smallest absolute Gasteiger partial charge is 0.267 e. The molecule has 5 nitrogen and oxygen atoms in total. The molecule has 0 saturated heterocycles. The van der Waals surface area contributed by atoms with Gasteiger partial charge in [-0.3, -0.25) is 9.80 Å². The summed E-state index contributed by atoms with van der Waals surface area (Å²) in [5, 5.41) is 11.1. The van der Waals surface area contributed by atoms with Crippen LogP contribution in [0.4, 0.5) is 5.69 Å². The van der Waals surface area contributed by atoms with E-state index < -0.39 is 0 Å². The number of carbonyl (C=O) groups excluding carboxylic acids is 1. The molecule has 0 radical (unpaired) electrons. The van der Waals surface area contributed by atoms with E-state index in [1.807, 2.05) is 49.4 Å². The Morgan fingerprint density at radius 2 is 1.61 bits per heavy atom. The van der Waals surface area contributed by atoms with E-state index in [1.54, 1.807) is 0 Å². The van der Waals surface area contributed by atoms with E-state index in [0.29, 0.717) is 11.3 Å². The second kappa shape index (κ2) is 8.03. The molecule has 3 aromatic rings. The monoisotopic (exact) mass is 406 g/mol. The molecule has 1 atom stereocenters. The Morgan fingerprint density at radius 1 is 0.935 bits per heavy atom. The molecule has 2 heterocycles. The van der Waals surface area contributed by atoms with E-state index >= 15 is 0 Å². The van der Waals surface area contributed by atoms with Crippen molar-refractivity contribution in [3.8, 4) is 0 Å². The third-order valence-electron chi connectivity index (χ3n) is 5.63. The molecule has 31 heavy (non-hydrogen) atoms. The zero-order chi connectivity index (χ0) is 21.2. The van der Waals surface area contributed by atoms with E-state index in [0.717, 1.165) is 28.9 Å². The maximum absolute atomic E-state index is 11.9. The summed E-state index contributed by atoms with van der Waals surface area (Å²) in [5.41, 5.74) is 9.23. The predicted octanol–water partition coefficient (Wildman–Crippen LogP) is 4.93. The average molecular weight is 406 g/mol. The van der Waals surface area contributed by atoms with Crippen LogP contribution in [0, 0.1) is 0 Å². The lowest BCUT2D eigenvalue weighted by molar-refractivity contribution is -0.116. The van der Waals surface area contributed by atoms with E-state index in [-0.39, 0.29) is 11.9 Å². The number of anilines is 1. The molecule has 1 N–H and O–H groups in total. The van der Waals surface area contributed by atoms with Crippen LogP contribution in [0.2, 0.25) is 0 Å². The second-order valence-corrected chi connectivity index (χ2v) is 7.68. The Kier molecular flexibility index (Phi) is 4.92. The van der Waals surface area contributed by atoms with E-state index in [1.165, 1.54) is 5.56 Å². The highest BCUT2D eigenvalue weighted by Gasteiger charge is 2.29. The first-order chi connectivity index (χ1) is 15.2. The van der Waals surface area contributed by atoms with Gasteiger partial charge >= 0.3 is 0 Å². The highest BCUT2D eigenvalue weighted by atomic mass is 16.2. The van der Waals surface area contributed by atoms with Gasteiger partial charge in [0.1, 0.15) is 0 Å². The number of nitrogens with zero attached hydrogens (tertiary/aromatic N) is 3. The molecule has 0 saturated carbocycles. The summed E-state index contributed by atoms with van der Waals surface area (Å²) in [7, 11) is 0. The Bertz CT molecular complexity index is 1200. The molecule has 2 aliphatic rings. The van der Waals surface area contributed by atoms with Gasteiger partial charge in [0, 0.05) is 6.42 Å². The van der Waals surface area contributed by atoms with Crippen molar-refractivity contribution in [1.29, 1.82) is 0 Å². The maximum atomic E-state index is 11.9. The first-order valence-electron chi connectivity index (χ1n) is 10.3. The molecular formula is C26H22N4O. The normalized spacial score (nSPS) is 19.4. The Balaban J connectivity index is 1.48. The lowest BCUT2D eigenvalue weighted by Crippen LogP contribution is -2.18. The molecule has 5 heteroatoms. The van der Waals surface area contributed by atoms with E-state index in [9.17, 15) is 4.79 Å². The van der Waals surface area contributed by atoms with Crippen molar-refractivity contribution in [2.24, 2.45) is 10.2 Å². The van der Waals surface area contributed by atoms with Crippen molar-refractivity contribution < 1.29 is 4.79 Å². The summed E-state index contributed by atoms with van der Waals surface area (Å²) >= 11 is 0. The van der Waals surface area contributed by atoms with Gasteiger partial charge in [-0.25, -0.2) is 5.43 Å². The molecule has 2 aliphatic heterocycles. The Hall–Kier alpha value is -3.99. The topological polar surface area (TPSA) is 57.1 Å². The highest BCUT2D eigenvalue weighted by molar-refractivity contribution is 6.26. The van der Waals surface area contributed by atoms with Gasteiger partial charge in [-0.1, -0.05) is 72.8 Å². The van der Waals surface area contributed by atoms with E-state index in [4.69, 9.17) is 5.10 Å². The zero-order valence-corrected chi connectivity index (χ0v) is 17.2. The van der Waals surface area contributed by atoms with Crippen LogP contribution in [-0.2, 0) is 4.79 Å². The fraction of sp³-hybridized carbons (Fsp3) is 0.115. The second-order valence-electron chi connectivity index (χ2n) is 7.68. The lowest BCUT2D eigenvalue weighted by atomic mass is 9.98. The minimum Gasteiger partial charge on any atom is -0.267 e. The number of hydrogen-bond acceptors (Lipinski definition) is 4. The summed E-state index contributed by atoms with van der Waals surface area (Å²) in [5.74, 6) is -0.164. The van der Waals surface area contributed by atoms with Crippen LogP contribution in [0.1, 0.15) is 36.1 Å². The number of benzene rings is 3. The quantitative estimate of drug-likeness (QED) is 0.625. The Morgan fingerprint density at radius 3 is 2.26 bits per heavy atom. The van der Waals surface area contributed by atoms with Crippen LogP contribution >= 0.6 is 0 Å². The molecule has 0 fully saturated rings. The molecule has 5 rings (SSSR count). The van der Waals surface area contributed by atoms with Gasteiger partial charge in [-0.15, -0.1) is 0 Å². The summed E-state index contributed by atoms with van der Waals surface area (Å²) < 4.78 is 0. The fourth-order valence-electron chi connectivity index (χ4n) is 3.97. The van der Waals surface area contributed by atoms with Crippen molar-refractivity contribution in [3.63, 3.8) is 0 Å². The molecule has 152 valence electrons. The van der Waals surface area contributed by atoms with E-state index in [2.05, 4.69) is 64.1 Å².